The van der Waals surface area contributed by atoms with Crippen LogP contribution in [-0.2, 0) is 11.3 Å². The summed E-state index contributed by atoms with van der Waals surface area (Å²) in [5, 5.41) is 0. The maximum Gasteiger partial charge on any atom is 0.236 e. The zero-order chi connectivity index (χ0) is 18.4. The highest BCUT2D eigenvalue weighted by Gasteiger charge is 2.18. The molecular weight excluding hydrogens is 335 g/mol. The molecule has 0 fully saturated rings. The predicted octanol–water partition coefficient (Wildman–Crippen LogP) is 4.20. The Kier molecular flexibility index (Phi) is 7.02. The van der Waals surface area contributed by atoms with Gasteiger partial charge in [-0.05, 0) is 55.6 Å². The van der Waals surface area contributed by atoms with E-state index in [0.717, 1.165) is 12.1 Å². The highest BCUT2D eigenvalue weighted by molar-refractivity contribution is 7.98. The third-order valence-electron chi connectivity index (χ3n) is 4.34. The predicted molar refractivity (Wildman–Crippen MR) is 102 cm³/mol. The first-order chi connectivity index (χ1) is 11.9. The summed E-state index contributed by atoms with van der Waals surface area (Å²) in [6, 6.07) is 14.6. The number of likely N-dealkylation sites (N-methyl/N-ethyl adjacent to an activating group) is 2. The minimum atomic E-state index is -0.267. The molecule has 2 rings (SSSR count). The average molecular weight is 360 g/mol. The largest absolute Gasteiger partial charge is 0.338 e. The summed E-state index contributed by atoms with van der Waals surface area (Å²) in [6.07, 6.45) is 2.05. The van der Waals surface area contributed by atoms with Crippen LogP contribution < -0.4 is 0 Å². The van der Waals surface area contributed by atoms with Crippen molar-refractivity contribution in [2.24, 2.45) is 0 Å². The number of hydrogen-bond acceptors (Lipinski definition) is 3. The second-order valence-electron chi connectivity index (χ2n) is 6.25. The van der Waals surface area contributed by atoms with Gasteiger partial charge >= 0.3 is 0 Å². The summed E-state index contributed by atoms with van der Waals surface area (Å²) >= 11 is 1.72. The molecule has 0 spiro atoms. The van der Waals surface area contributed by atoms with E-state index >= 15 is 0 Å². The molecule has 0 saturated heterocycles. The molecule has 0 aliphatic heterocycles. The van der Waals surface area contributed by atoms with Gasteiger partial charge in [-0.3, -0.25) is 9.69 Å². The number of halogens is 1. The molecule has 2 aromatic rings. The molecule has 0 aliphatic rings. The van der Waals surface area contributed by atoms with Crippen LogP contribution in [0.1, 0.15) is 24.1 Å². The molecule has 0 radical (unpaired) electrons. The smallest absolute Gasteiger partial charge is 0.236 e. The van der Waals surface area contributed by atoms with Crippen LogP contribution >= 0.6 is 11.8 Å². The Bertz CT molecular complexity index is 688. The quantitative estimate of drug-likeness (QED) is 0.692. The highest BCUT2D eigenvalue weighted by Crippen LogP contribution is 2.19. The minimum absolute atomic E-state index is 0.0417. The number of nitrogens with zero attached hydrogens (tertiary/aromatic N) is 2. The van der Waals surface area contributed by atoms with Gasteiger partial charge in [0.05, 0.1) is 12.6 Å². The Balaban J connectivity index is 1.91. The molecular formula is C20H25FN2OS. The first-order valence-electron chi connectivity index (χ1n) is 8.23. The zero-order valence-electron chi connectivity index (χ0n) is 15.2. The third kappa shape index (κ3) is 5.58. The van der Waals surface area contributed by atoms with Crippen molar-refractivity contribution in [1.82, 2.24) is 9.80 Å². The first-order valence-corrected chi connectivity index (χ1v) is 9.45. The summed E-state index contributed by atoms with van der Waals surface area (Å²) < 4.78 is 13.0. The van der Waals surface area contributed by atoms with Crippen molar-refractivity contribution in [2.45, 2.75) is 24.4 Å². The van der Waals surface area contributed by atoms with E-state index in [4.69, 9.17) is 0 Å². The monoisotopic (exact) mass is 360 g/mol. The van der Waals surface area contributed by atoms with Crippen molar-refractivity contribution < 1.29 is 9.18 Å². The van der Waals surface area contributed by atoms with E-state index in [1.54, 1.807) is 35.8 Å². The van der Waals surface area contributed by atoms with Crippen LogP contribution in [0.4, 0.5) is 4.39 Å². The highest BCUT2D eigenvalue weighted by atomic mass is 32.2. The number of benzene rings is 2. The summed E-state index contributed by atoms with van der Waals surface area (Å²) in [4.78, 5) is 17.5. The third-order valence-corrected chi connectivity index (χ3v) is 5.09. The Hall–Kier alpha value is -1.85. The Labute approximate surface area is 153 Å². The molecule has 3 nitrogen and oxygen atoms in total. The van der Waals surface area contributed by atoms with E-state index in [0.29, 0.717) is 6.54 Å². The van der Waals surface area contributed by atoms with Crippen LogP contribution in [0.2, 0.25) is 0 Å². The molecule has 0 saturated carbocycles. The van der Waals surface area contributed by atoms with Gasteiger partial charge < -0.3 is 4.90 Å². The second kappa shape index (κ2) is 9.02. The van der Waals surface area contributed by atoms with Crippen molar-refractivity contribution >= 4 is 17.7 Å². The van der Waals surface area contributed by atoms with Crippen molar-refractivity contribution in [3.05, 3.63) is 65.5 Å². The van der Waals surface area contributed by atoms with Gasteiger partial charge in [0, 0.05) is 18.5 Å². The molecule has 0 aromatic heterocycles. The van der Waals surface area contributed by atoms with Crippen LogP contribution in [0, 0.1) is 5.82 Å². The maximum atomic E-state index is 13.0. The normalized spacial score (nSPS) is 12.2. The van der Waals surface area contributed by atoms with Crippen molar-refractivity contribution in [3.63, 3.8) is 0 Å². The molecule has 2 aromatic carbocycles. The van der Waals surface area contributed by atoms with Crippen LogP contribution in [0.5, 0.6) is 0 Å². The standard InChI is InChI=1S/C20H25FN2OS/c1-15(17-7-9-18(21)10-8-17)23(3)20(24)14-22(2)13-16-5-11-19(25-4)12-6-16/h5-12,15H,13-14H2,1-4H3. The molecule has 25 heavy (non-hydrogen) atoms. The zero-order valence-corrected chi connectivity index (χ0v) is 16.0. The lowest BCUT2D eigenvalue weighted by atomic mass is 10.1. The summed E-state index contributed by atoms with van der Waals surface area (Å²) in [5.41, 5.74) is 2.11. The summed E-state index contributed by atoms with van der Waals surface area (Å²) in [5.74, 6) is -0.225. The fraction of sp³-hybridized carbons (Fsp3) is 0.350. The first kappa shape index (κ1) is 19.5. The summed E-state index contributed by atoms with van der Waals surface area (Å²) in [6.45, 7) is 3.01. The number of amides is 1. The fourth-order valence-electron chi connectivity index (χ4n) is 2.62. The van der Waals surface area contributed by atoms with Crippen LogP contribution in [0.3, 0.4) is 0 Å². The Morgan fingerprint density at radius 1 is 1.08 bits per heavy atom. The molecule has 1 unspecified atom stereocenters. The molecule has 0 N–H and O–H groups in total. The topological polar surface area (TPSA) is 23.6 Å². The van der Waals surface area contributed by atoms with Gasteiger partial charge in [0.25, 0.3) is 0 Å². The average Bonchev–Trinajstić information content (AvgIpc) is 2.61. The molecule has 1 atom stereocenters. The molecule has 5 heteroatoms. The van der Waals surface area contributed by atoms with E-state index in [9.17, 15) is 9.18 Å². The van der Waals surface area contributed by atoms with E-state index in [2.05, 4.69) is 30.5 Å². The SMILES string of the molecule is CSc1ccc(CN(C)CC(=O)N(C)C(C)c2ccc(F)cc2)cc1. The number of carbonyl (C=O) groups excluding carboxylic acids is 1. The van der Waals surface area contributed by atoms with Gasteiger partial charge in [-0.1, -0.05) is 24.3 Å². The van der Waals surface area contributed by atoms with E-state index < -0.39 is 0 Å². The Morgan fingerprint density at radius 2 is 1.68 bits per heavy atom. The summed E-state index contributed by atoms with van der Waals surface area (Å²) in [7, 11) is 3.73. The van der Waals surface area contributed by atoms with Gasteiger partial charge in [0.2, 0.25) is 5.91 Å². The molecule has 0 heterocycles. The van der Waals surface area contributed by atoms with Gasteiger partial charge in [-0.25, -0.2) is 4.39 Å². The van der Waals surface area contributed by atoms with Gasteiger partial charge in [0.15, 0.2) is 0 Å². The lowest BCUT2D eigenvalue weighted by Crippen LogP contribution is -2.37. The number of hydrogen-bond donors (Lipinski definition) is 0. The lowest BCUT2D eigenvalue weighted by molar-refractivity contribution is -0.132. The van der Waals surface area contributed by atoms with E-state index in [1.165, 1.54) is 22.6 Å². The number of carbonyl (C=O) groups is 1. The van der Waals surface area contributed by atoms with Crippen molar-refractivity contribution in [3.8, 4) is 0 Å². The maximum absolute atomic E-state index is 13.0. The molecule has 1 amide bonds. The second-order valence-corrected chi connectivity index (χ2v) is 7.13. The van der Waals surface area contributed by atoms with E-state index in [-0.39, 0.29) is 17.8 Å². The van der Waals surface area contributed by atoms with Crippen molar-refractivity contribution in [1.29, 1.82) is 0 Å². The van der Waals surface area contributed by atoms with E-state index in [1.807, 2.05) is 18.9 Å². The number of rotatable bonds is 7. The van der Waals surface area contributed by atoms with Crippen molar-refractivity contribution in [2.75, 3.05) is 26.9 Å². The van der Waals surface area contributed by atoms with Gasteiger partial charge in [0.1, 0.15) is 5.82 Å². The van der Waals surface area contributed by atoms with Gasteiger partial charge in [-0.15, -0.1) is 11.8 Å². The lowest BCUT2D eigenvalue weighted by Gasteiger charge is -2.27. The van der Waals surface area contributed by atoms with Crippen LogP contribution in [0.25, 0.3) is 0 Å². The minimum Gasteiger partial charge on any atom is -0.338 e. The van der Waals surface area contributed by atoms with Crippen LogP contribution in [0.15, 0.2) is 53.4 Å². The van der Waals surface area contributed by atoms with Gasteiger partial charge in [-0.2, -0.15) is 0 Å². The fourth-order valence-corrected chi connectivity index (χ4v) is 3.03. The number of thioether (sulfide) groups is 1. The van der Waals surface area contributed by atoms with Crippen LogP contribution in [-0.4, -0.2) is 42.6 Å². The molecule has 0 bridgehead atoms. The Morgan fingerprint density at radius 3 is 2.24 bits per heavy atom. The molecule has 0 aliphatic carbocycles. The molecule has 134 valence electrons.